The number of rotatable bonds is 5. The number of carbonyl (C=O) groups is 2. The number of hydrogen-bond donors (Lipinski definition) is 0. The number of nitrogens with zero attached hydrogens (tertiary/aromatic N) is 1. The summed E-state index contributed by atoms with van der Waals surface area (Å²) in [6, 6.07) is 11.8. The van der Waals surface area contributed by atoms with Crippen molar-refractivity contribution in [2.75, 3.05) is 6.54 Å². The van der Waals surface area contributed by atoms with Gasteiger partial charge in [-0.2, -0.15) is 0 Å². The highest BCUT2D eigenvalue weighted by Crippen LogP contribution is 2.34. The zero-order valence-electron chi connectivity index (χ0n) is 12.5. The topological polar surface area (TPSA) is 50.5 Å². The Morgan fingerprint density at radius 2 is 1.92 bits per heavy atom. The van der Waals surface area contributed by atoms with Crippen LogP contribution in [0.3, 0.4) is 0 Å². The first-order chi connectivity index (χ1) is 11.5. The van der Waals surface area contributed by atoms with Crippen molar-refractivity contribution >= 4 is 60.8 Å². The van der Waals surface area contributed by atoms with Crippen molar-refractivity contribution < 1.29 is 14.0 Å². The number of hydrogen-bond acceptors (Lipinski definition) is 4. The van der Waals surface area contributed by atoms with Gasteiger partial charge in [-0.05, 0) is 68.1 Å². The molecule has 2 heterocycles. The van der Waals surface area contributed by atoms with Gasteiger partial charge in [-0.15, -0.1) is 0 Å². The smallest absolute Gasteiger partial charge is 0.293 e. The van der Waals surface area contributed by atoms with Gasteiger partial charge in [-0.1, -0.05) is 30.3 Å². The minimum Gasteiger partial charge on any atom is -0.449 e. The van der Waals surface area contributed by atoms with Gasteiger partial charge >= 0.3 is 0 Å². The molecule has 0 aliphatic carbocycles. The fourth-order valence-electron chi connectivity index (χ4n) is 2.34. The summed E-state index contributed by atoms with van der Waals surface area (Å²) in [6.45, 7) is 0.419. The summed E-state index contributed by atoms with van der Waals surface area (Å²) in [7, 11) is 0. The molecule has 2 aromatic rings. The van der Waals surface area contributed by atoms with Crippen molar-refractivity contribution in [3.63, 3.8) is 0 Å². The van der Waals surface area contributed by atoms with E-state index in [1.54, 1.807) is 12.1 Å². The van der Waals surface area contributed by atoms with Gasteiger partial charge in [0.05, 0.1) is 9.38 Å². The summed E-state index contributed by atoms with van der Waals surface area (Å²) in [5, 5.41) is -0.232. The number of benzene rings is 1. The number of thioether (sulfide) groups is 1. The molecule has 0 saturated carbocycles. The van der Waals surface area contributed by atoms with Crippen LogP contribution in [0.1, 0.15) is 17.7 Å². The van der Waals surface area contributed by atoms with Gasteiger partial charge in [0.1, 0.15) is 5.76 Å². The zero-order valence-corrected chi connectivity index (χ0v) is 16.5. The number of aryl methyl sites for hydroxylation is 1. The molecule has 24 heavy (non-hydrogen) atoms. The van der Waals surface area contributed by atoms with E-state index in [1.165, 1.54) is 10.5 Å². The normalized spacial score (nSPS) is 16.4. The fourth-order valence-corrected chi connectivity index (χ4v) is 3.80. The third kappa shape index (κ3) is 4.02. The molecule has 1 aliphatic heterocycles. The highest BCUT2D eigenvalue weighted by Gasteiger charge is 2.34. The largest absolute Gasteiger partial charge is 0.449 e. The van der Waals surface area contributed by atoms with E-state index in [9.17, 15) is 9.59 Å². The van der Waals surface area contributed by atoms with Gasteiger partial charge in [0.2, 0.25) is 0 Å². The summed E-state index contributed by atoms with van der Waals surface area (Å²) in [5.74, 6) is 0.255. The minimum atomic E-state index is -0.262. The molecular formula is C17H13Br2NO3S. The van der Waals surface area contributed by atoms with Crippen molar-refractivity contribution in [1.82, 2.24) is 4.90 Å². The van der Waals surface area contributed by atoms with E-state index >= 15 is 0 Å². The summed E-state index contributed by atoms with van der Waals surface area (Å²) >= 11 is 7.52. The molecule has 124 valence electrons. The third-order valence-electron chi connectivity index (χ3n) is 3.50. The van der Waals surface area contributed by atoms with Crippen molar-refractivity contribution in [3.05, 3.63) is 61.8 Å². The van der Waals surface area contributed by atoms with Crippen molar-refractivity contribution in [2.24, 2.45) is 0 Å². The molecule has 0 atom stereocenters. The molecule has 3 rings (SSSR count). The Hall–Kier alpha value is -1.31. The summed E-state index contributed by atoms with van der Waals surface area (Å²) in [6.07, 6.45) is 3.17. The van der Waals surface area contributed by atoms with Crippen LogP contribution in [0.25, 0.3) is 6.08 Å². The molecule has 1 saturated heterocycles. The molecular weight excluding hydrogens is 458 g/mol. The molecule has 7 heteroatoms. The zero-order chi connectivity index (χ0) is 17.1. The second-order valence-corrected chi connectivity index (χ2v) is 7.76. The number of halogens is 2. The van der Waals surface area contributed by atoms with E-state index in [4.69, 9.17) is 4.42 Å². The van der Waals surface area contributed by atoms with Gasteiger partial charge < -0.3 is 4.42 Å². The standard InChI is InChI=1S/C17H13Br2NO3S/c18-13-9-12(23-15(13)19)10-14-16(21)20(17(22)24-14)8-4-7-11-5-2-1-3-6-11/h1-3,5-6,9-10H,4,7-8H2/b14-10+. The van der Waals surface area contributed by atoms with E-state index in [0.29, 0.717) is 21.9 Å². The molecule has 0 bridgehead atoms. The van der Waals surface area contributed by atoms with Crippen molar-refractivity contribution in [3.8, 4) is 0 Å². The van der Waals surface area contributed by atoms with Crippen LogP contribution in [-0.4, -0.2) is 22.6 Å². The average molecular weight is 471 g/mol. The third-order valence-corrected chi connectivity index (χ3v) is 6.12. The Labute approximate surface area is 160 Å². The molecule has 1 fully saturated rings. The second-order valence-electron chi connectivity index (χ2n) is 5.19. The first-order valence-corrected chi connectivity index (χ1v) is 9.69. The highest BCUT2D eigenvalue weighted by molar-refractivity contribution is 9.13. The predicted octanol–water partition coefficient (Wildman–Crippen LogP) is 5.47. The van der Waals surface area contributed by atoms with Crippen molar-refractivity contribution in [2.45, 2.75) is 12.8 Å². The molecule has 0 N–H and O–H groups in total. The monoisotopic (exact) mass is 469 g/mol. The lowest BCUT2D eigenvalue weighted by Crippen LogP contribution is -2.29. The van der Waals surface area contributed by atoms with Gasteiger partial charge in [0.15, 0.2) is 4.67 Å². The lowest BCUT2D eigenvalue weighted by atomic mass is 10.1. The minimum absolute atomic E-state index is 0.232. The molecule has 1 aliphatic rings. The summed E-state index contributed by atoms with van der Waals surface area (Å²) < 4.78 is 6.74. The molecule has 0 spiro atoms. The molecule has 2 amide bonds. The van der Waals surface area contributed by atoms with Gasteiger partial charge in [0.25, 0.3) is 11.1 Å². The van der Waals surface area contributed by atoms with Gasteiger partial charge in [0, 0.05) is 12.6 Å². The maximum atomic E-state index is 12.4. The highest BCUT2D eigenvalue weighted by atomic mass is 79.9. The van der Waals surface area contributed by atoms with Crippen LogP contribution >= 0.6 is 43.6 Å². The number of furan rings is 1. The van der Waals surface area contributed by atoms with E-state index < -0.39 is 0 Å². The Morgan fingerprint density at radius 3 is 2.58 bits per heavy atom. The maximum Gasteiger partial charge on any atom is 0.293 e. The van der Waals surface area contributed by atoms with Gasteiger partial charge in [-0.25, -0.2) is 0 Å². The molecule has 1 aromatic heterocycles. The lowest BCUT2D eigenvalue weighted by Gasteiger charge is -2.11. The average Bonchev–Trinajstić information content (AvgIpc) is 3.01. The maximum absolute atomic E-state index is 12.4. The lowest BCUT2D eigenvalue weighted by molar-refractivity contribution is -0.122. The van der Waals surface area contributed by atoms with Crippen LogP contribution in [0.4, 0.5) is 4.79 Å². The van der Waals surface area contributed by atoms with Crippen molar-refractivity contribution in [1.29, 1.82) is 0 Å². The van der Waals surface area contributed by atoms with E-state index in [1.807, 2.05) is 30.3 Å². The van der Waals surface area contributed by atoms with E-state index in [-0.39, 0.29) is 11.1 Å². The quantitative estimate of drug-likeness (QED) is 0.543. The molecule has 0 radical (unpaired) electrons. The molecule has 4 nitrogen and oxygen atoms in total. The van der Waals surface area contributed by atoms with E-state index in [0.717, 1.165) is 29.1 Å². The fraction of sp³-hybridized carbons (Fsp3) is 0.176. The van der Waals surface area contributed by atoms with Crippen LogP contribution in [0.5, 0.6) is 0 Å². The van der Waals surface area contributed by atoms with Crippen LogP contribution < -0.4 is 0 Å². The SMILES string of the molecule is O=C1S/C(=C/c2cc(Br)c(Br)o2)C(=O)N1CCCc1ccccc1. The van der Waals surface area contributed by atoms with Crippen LogP contribution in [0, 0.1) is 0 Å². The first kappa shape index (κ1) is 17.5. The van der Waals surface area contributed by atoms with E-state index in [2.05, 4.69) is 31.9 Å². The van der Waals surface area contributed by atoms with Crippen LogP contribution in [-0.2, 0) is 11.2 Å². The Bertz CT molecular complexity index is 782. The number of imide groups is 1. The Morgan fingerprint density at radius 1 is 1.17 bits per heavy atom. The molecule has 0 unspecified atom stereocenters. The Kier molecular flexibility index (Phi) is 5.63. The van der Waals surface area contributed by atoms with Crippen LogP contribution in [0.2, 0.25) is 0 Å². The first-order valence-electron chi connectivity index (χ1n) is 7.29. The summed E-state index contributed by atoms with van der Waals surface area (Å²) in [4.78, 5) is 26.2. The van der Waals surface area contributed by atoms with Gasteiger partial charge in [-0.3, -0.25) is 14.5 Å². The number of amides is 2. The Balaban J connectivity index is 1.63. The van der Waals surface area contributed by atoms with Crippen LogP contribution in [0.15, 0.2) is 54.9 Å². The summed E-state index contributed by atoms with van der Waals surface area (Å²) in [5.41, 5.74) is 1.20. The second kappa shape index (κ2) is 7.72. The molecule has 1 aromatic carbocycles. The number of carbonyl (C=O) groups excluding carboxylic acids is 2. The predicted molar refractivity (Wildman–Crippen MR) is 102 cm³/mol.